The maximum atomic E-state index is 6.31. The normalized spacial score (nSPS) is 10.9. The van der Waals surface area contributed by atoms with Gasteiger partial charge < -0.3 is 5.32 Å². The predicted octanol–water partition coefficient (Wildman–Crippen LogP) is 5.18. The van der Waals surface area contributed by atoms with E-state index in [1.165, 1.54) is 16.7 Å². The summed E-state index contributed by atoms with van der Waals surface area (Å²) in [6.07, 6.45) is 0. The van der Waals surface area contributed by atoms with Gasteiger partial charge in [0.15, 0.2) is 0 Å². The van der Waals surface area contributed by atoms with Crippen molar-refractivity contribution in [1.82, 2.24) is 4.98 Å². The van der Waals surface area contributed by atoms with Crippen LogP contribution in [0.25, 0.3) is 10.2 Å². The second-order valence-corrected chi connectivity index (χ2v) is 6.14. The van der Waals surface area contributed by atoms with Gasteiger partial charge in [-0.3, -0.25) is 0 Å². The molecule has 1 aromatic heterocycles. The highest BCUT2D eigenvalue weighted by molar-refractivity contribution is 7.16. The van der Waals surface area contributed by atoms with Crippen LogP contribution in [0.3, 0.4) is 0 Å². The minimum atomic E-state index is 0.717. The zero-order chi connectivity index (χ0) is 14.1. The highest BCUT2D eigenvalue weighted by Crippen LogP contribution is 2.32. The second kappa shape index (κ2) is 5.43. The van der Waals surface area contributed by atoms with Gasteiger partial charge in [0.25, 0.3) is 0 Å². The summed E-state index contributed by atoms with van der Waals surface area (Å²) in [5, 5.41) is 4.17. The number of rotatable bonds is 3. The van der Waals surface area contributed by atoms with E-state index in [2.05, 4.69) is 42.3 Å². The van der Waals surface area contributed by atoms with Gasteiger partial charge in [-0.15, -0.1) is 11.3 Å². The number of halogens is 1. The minimum Gasteiger partial charge on any atom is -0.378 e. The molecule has 0 bridgehead atoms. The van der Waals surface area contributed by atoms with Crippen molar-refractivity contribution in [3.05, 3.63) is 57.6 Å². The van der Waals surface area contributed by atoms with E-state index in [1.54, 1.807) is 11.3 Å². The molecule has 1 N–H and O–H groups in total. The van der Waals surface area contributed by atoms with Crippen molar-refractivity contribution in [2.75, 3.05) is 5.32 Å². The summed E-state index contributed by atoms with van der Waals surface area (Å²) in [5.74, 6) is 0. The molecule has 3 rings (SSSR count). The maximum Gasteiger partial charge on any atom is 0.106 e. The smallest absolute Gasteiger partial charge is 0.106 e. The average molecular weight is 303 g/mol. The van der Waals surface area contributed by atoms with Crippen molar-refractivity contribution in [2.24, 2.45) is 0 Å². The van der Waals surface area contributed by atoms with Gasteiger partial charge in [-0.1, -0.05) is 29.8 Å². The number of nitrogens with zero attached hydrogens (tertiary/aromatic N) is 1. The van der Waals surface area contributed by atoms with Gasteiger partial charge in [-0.05, 0) is 42.7 Å². The molecule has 1 heterocycles. The van der Waals surface area contributed by atoms with E-state index in [0.29, 0.717) is 0 Å². The summed E-state index contributed by atoms with van der Waals surface area (Å²) in [7, 11) is 0. The molecule has 2 aromatic carbocycles. The average Bonchev–Trinajstić information content (AvgIpc) is 2.88. The SMILES string of the molecule is Cc1cccc(C)c1CNc1c(Cl)ccc2scnc12. The Hall–Kier alpha value is -1.58. The van der Waals surface area contributed by atoms with Gasteiger partial charge in [0, 0.05) is 6.54 Å². The first-order chi connectivity index (χ1) is 9.66. The van der Waals surface area contributed by atoms with Crippen LogP contribution in [0.5, 0.6) is 0 Å². The van der Waals surface area contributed by atoms with Gasteiger partial charge in [-0.2, -0.15) is 0 Å². The Bertz CT molecular complexity index is 744. The molecule has 3 aromatic rings. The molecule has 0 radical (unpaired) electrons. The van der Waals surface area contributed by atoms with Crippen LogP contribution in [0, 0.1) is 13.8 Å². The van der Waals surface area contributed by atoms with Crippen LogP contribution in [-0.4, -0.2) is 4.98 Å². The molecule has 0 aliphatic heterocycles. The van der Waals surface area contributed by atoms with Crippen LogP contribution >= 0.6 is 22.9 Å². The van der Waals surface area contributed by atoms with Crippen molar-refractivity contribution >= 4 is 38.8 Å². The summed E-state index contributed by atoms with van der Waals surface area (Å²) in [6, 6.07) is 10.3. The number of aromatic nitrogens is 1. The molecule has 102 valence electrons. The molecule has 0 spiro atoms. The number of anilines is 1. The lowest BCUT2D eigenvalue weighted by molar-refractivity contribution is 1.09. The van der Waals surface area contributed by atoms with E-state index in [9.17, 15) is 0 Å². The number of benzene rings is 2. The third kappa shape index (κ3) is 2.39. The van der Waals surface area contributed by atoms with Crippen LogP contribution in [0.1, 0.15) is 16.7 Å². The fourth-order valence-electron chi connectivity index (χ4n) is 2.38. The third-order valence-electron chi connectivity index (χ3n) is 3.54. The largest absolute Gasteiger partial charge is 0.378 e. The van der Waals surface area contributed by atoms with Gasteiger partial charge >= 0.3 is 0 Å². The summed E-state index contributed by atoms with van der Waals surface area (Å²) in [6.45, 7) is 5.03. The van der Waals surface area contributed by atoms with Crippen LogP contribution in [0.15, 0.2) is 35.8 Å². The zero-order valence-electron chi connectivity index (χ0n) is 11.4. The predicted molar refractivity (Wildman–Crippen MR) is 87.9 cm³/mol. The summed E-state index contributed by atoms with van der Waals surface area (Å²) in [5.41, 5.74) is 7.63. The zero-order valence-corrected chi connectivity index (χ0v) is 13.0. The van der Waals surface area contributed by atoms with Crippen molar-refractivity contribution in [3.63, 3.8) is 0 Å². The van der Waals surface area contributed by atoms with Gasteiger partial charge in [-0.25, -0.2) is 4.98 Å². The Labute approximate surface area is 127 Å². The van der Waals surface area contributed by atoms with Crippen LogP contribution in [0.2, 0.25) is 5.02 Å². The second-order valence-electron chi connectivity index (χ2n) is 4.85. The van der Waals surface area contributed by atoms with Crippen molar-refractivity contribution in [3.8, 4) is 0 Å². The first-order valence-electron chi connectivity index (χ1n) is 6.47. The summed E-state index contributed by atoms with van der Waals surface area (Å²) >= 11 is 7.94. The number of nitrogens with one attached hydrogen (secondary N) is 1. The maximum absolute atomic E-state index is 6.31. The number of fused-ring (bicyclic) bond motifs is 1. The van der Waals surface area contributed by atoms with E-state index in [0.717, 1.165) is 27.5 Å². The third-order valence-corrected chi connectivity index (χ3v) is 4.65. The highest BCUT2D eigenvalue weighted by Gasteiger charge is 2.09. The number of aryl methyl sites for hydroxylation is 2. The highest BCUT2D eigenvalue weighted by atomic mass is 35.5. The minimum absolute atomic E-state index is 0.717. The van der Waals surface area contributed by atoms with Gasteiger partial charge in [0.05, 0.1) is 20.9 Å². The van der Waals surface area contributed by atoms with Gasteiger partial charge in [0.2, 0.25) is 0 Å². The van der Waals surface area contributed by atoms with Crippen LogP contribution in [0.4, 0.5) is 5.69 Å². The standard InChI is InChI=1S/C16H15ClN2S/c1-10-4-3-5-11(2)12(10)8-18-15-13(17)6-7-14-16(15)19-9-20-14/h3-7,9,18H,8H2,1-2H3. The molecule has 0 saturated carbocycles. The first kappa shape index (κ1) is 13.4. The van der Waals surface area contributed by atoms with Crippen molar-refractivity contribution < 1.29 is 0 Å². The van der Waals surface area contributed by atoms with E-state index in [4.69, 9.17) is 11.6 Å². The van der Waals surface area contributed by atoms with Gasteiger partial charge in [0.1, 0.15) is 5.52 Å². The number of hydrogen-bond acceptors (Lipinski definition) is 3. The Kier molecular flexibility index (Phi) is 3.64. The Morgan fingerprint density at radius 1 is 1.15 bits per heavy atom. The van der Waals surface area contributed by atoms with E-state index in [-0.39, 0.29) is 0 Å². The molecular formula is C16H15ClN2S. The van der Waals surface area contributed by atoms with Crippen LogP contribution < -0.4 is 5.32 Å². The fraction of sp³-hybridized carbons (Fsp3) is 0.188. The lowest BCUT2D eigenvalue weighted by atomic mass is 10.0. The molecule has 0 unspecified atom stereocenters. The fourth-order valence-corrected chi connectivity index (χ4v) is 3.28. The Morgan fingerprint density at radius 2 is 1.90 bits per heavy atom. The quantitative estimate of drug-likeness (QED) is 0.721. The van der Waals surface area contributed by atoms with E-state index >= 15 is 0 Å². The topological polar surface area (TPSA) is 24.9 Å². The molecule has 0 fully saturated rings. The number of thiazole rings is 1. The molecule has 20 heavy (non-hydrogen) atoms. The Morgan fingerprint density at radius 3 is 2.65 bits per heavy atom. The van der Waals surface area contributed by atoms with Crippen LogP contribution in [-0.2, 0) is 6.54 Å². The number of hydrogen-bond donors (Lipinski definition) is 1. The molecule has 4 heteroatoms. The van der Waals surface area contributed by atoms with Crippen molar-refractivity contribution in [2.45, 2.75) is 20.4 Å². The van der Waals surface area contributed by atoms with E-state index < -0.39 is 0 Å². The molecule has 0 atom stereocenters. The molecule has 0 aliphatic carbocycles. The van der Waals surface area contributed by atoms with Crippen molar-refractivity contribution in [1.29, 1.82) is 0 Å². The molecule has 0 amide bonds. The molecule has 0 saturated heterocycles. The molecular weight excluding hydrogens is 288 g/mol. The van der Waals surface area contributed by atoms with E-state index in [1.807, 2.05) is 17.6 Å². The first-order valence-corrected chi connectivity index (χ1v) is 7.73. The monoisotopic (exact) mass is 302 g/mol. The summed E-state index contributed by atoms with van der Waals surface area (Å²) in [4.78, 5) is 4.41. The molecule has 2 nitrogen and oxygen atoms in total. The lowest BCUT2D eigenvalue weighted by Crippen LogP contribution is -2.04. The summed E-state index contributed by atoms with van der Waals surface area (Å²) < 4.78 is 1.15. The lowest BCUT2D eigenvalue weighted by Gasteiger charge is -2.13. The Balaban J connectivity index is 1.94. The molecule has 0 aliphatic rings.